The second-order valence-corrected chi connectivity index (χ2v) is 5.25. The van der Waals surface area contributed by atoms with Crippen molar-refractivity contribution in [3.05, 3.63) is 35.9 Å². The van der Waals surface area contributed by atoms with Crippen LogP contribution in [0.1, 0.15) is 12.5 Å². The van der Waals surface area contributed by atoms with E-state index in [-0.39, 0.29) is 13.2 Å². The second kappa shape index (κ2) is 7.38. The van der Waals surface area contributed by atoms with E-state index in [0.29, 0.717) is 13.2 Å². The molecule has 1 heterocycles. The molecule has 0 bridgehead atoms. The third-order valence-corrected chi connectivity index (χ3v) is 3.66. The first kappa shape index (κ1) is 16.5. The summed E-state index contributed by atoms with van der Waals surface area (Å²) < 4.78 is 5.57. The Labute approximate surface area is 133 Å². The van der Waals surface area contributed by atoms with Gasteiger partial charge in [-0.05, 0) is 24.1 Å². The van der Waals surface area contributed by atoms with Gasteiger partial charge in [0.25, 0.3) is 0 Å². The summed E-state index contributed by atoms with van der Waals surface area (Å²) in [6.07, 6.45) is 0. The first-order valence-corrected chi connectivity index (χ1v) is 7.36. The van der Waals surface area contributed by atoms with Gasteiger partial charge in [0.15, 0.2) is 0 Å². The van der Waals surface area contributed by atoms with Crippen molar-refractivity contribution in [2.45, 2.75) is 19.6 Å². The zero-order valence-corrected chi connectivity index (χ0v) is 13.0. The van der Waals surface area contributed by atoms with E-state index < -0.39 is 23.2 Å². The molecule has 0 aliphatic carbocycles. The maximum absolute atomic E-state index is 12.0. The minimum atomic E-state index is -0.956. The van der Waals surface area contributed by atoms with E-state index in [1.54, 1.807) is 6.92 Å². The van der Waals surface area contributed by atoms with Crippen molar-refractivity contribution in [1.29, 1.82) is 0 Å². The van der Waals surface area contributed by atoms with Gasteiger partial charge in [-0.2, -0.15) is 0 Å². The summed E-state index contributed by atoms with van der Waals surface area (Å²) in [5, 5.41) is -0.956. The molecule has 3 amide bonds. The normalized spacial score (nSPS) is 18.7. The fraction of sp³-hybridized carbons (Fsp3) is 0.400. The first-order chi connectivity index (χ1) is 10.5. The van der Waals surface area contributed by atoms with Gasteiger partial charge in [0.05, 0.1) is 19.3 Å². The van der Waals surface area contributed by atoms with Gasteiger partial charge in [0, 0.05) is 13.1 Å². The van der Waals surface area contributed by atoms with Crippen molar-refractivity contribution in [1.82, 2.24) is 9.80 Å². The molecule has 1 aromatic rings. The van der Waals surface area contributed by atoms with E-state index in [4.69, 9.17) is 16.3 Å². The molecule has 1 saturated heterocycles. The lowest BCUT2D eigenvalue weighted by molar-refractivity contribution is -0.157. The van der Waals surface area contributed by atoms with Crippen LogP contribution < -0.4 is 0 Å². The topological polar surface area (TPSA) is 66.9 Å². The number of imide groups is 1. The number of rotatable bonds is 5. The van der Waals surface area contributed by atoms with Crippen molar-refractivity contribution in [3.63, 3.8) is 0 Å². The van der Waals surface area contributed by atoms with Crippen molar-refractivity contribution in [3.8, 4) is 0 Å². The molecule has 1 aromatic carbocycles. The molecule has 0 aromatic heterocycles. The lowest BCUT2D eigenvalue weighted by Gasteiger charge is -2.37. The Morgan fingerprint density at radius 2 is 1.95 bits per heavy atom. The molecule has 1 unspecified atom stereocenters. The third-order valence-electron chi connectivity index (χ3n) is 3.48. The Hall–Kier alpha value is -1.92. The lowest BCUT2D eigenvalue weighted by atomic mass is 10.1. The highest BCUT2D eigenvalue weighted by molar-refractivity contribution is 6.65. The highest BCUT2D eigenvalue weighted by Gasteiger charge is 2.41. The number of nitrogens with zero attached hydrogens (tertiary/aromatic N) is 2. The molecule has 1 fully saturated rings. The van der Waals surface area contributed by atoms with Gasteiger partial charge in [0.1, 0.15) is 0 Å². The predicted molar refractivity (Wildman–Crippen MR) is 80.2 cm³/mol. The SMILES string of the molecule is CCN1CC(COCc2ccccc2)N(C(=O)Cl)C(=O)C1=O. The molecule has 1 aliphatic rings. The number of hydrogen-bond donors (Lipinski definition) is 0. The summed E-state index contributed by atoms with van der Waals surface area (Å²) in [6.45, 7) is 2.88. The number of likely N-dealkylation sites (N-methyl/N-ethyl adjacent to an activating group) is 1. The highest BCUT2D eigenvalue weighted by Crippen LogP contribution is 2.16. The van der Waals surface area contributed by atoms with Gasteiger partial charge in [-0.1, -0.05) is 30.3 Å². The largest absolute Gasteiger partial charge is 0.375 e. The summed E-state index contributed by atoms with van der Waals surface area (Å²) in [4.78, 5) is 37.3. The molecule has 0 N–H and O–H groups in total. The number of benzene rings is 1. The number of halogens is 1. The smallest absolute Gasteiger partial charge is 0.323 e. The molecule has 118 valence electrons. The standard InChI is InChI=1S/C15H17ClN2O4/c1-2-17-8-12(18(15(16)21)14(20)13(17)19)10-22-9-11-6-4-3-5-7-11/h3-7,12H,2,8-10H2,1H3. The minimum Gasteiger partial charge on any atom is -0.375 e. The average molecular weight is 325 g/mol. The van der Waals surface area contributed by atoms with Crippen LogP contribution in [0.25, 0.3) is 0 Å². The van der Waals surface area contributed by atoms with Gasteiger partial charge >= 0.3 is 17.2 Å². The summed E-state index contributed by atoms with van der Waals surface area (Å²) in [5.41, 5.74) is 0.983. The number of amides is 3. The summed E-state index contributed by atoms with van der Waals surface area (Å²) >= 11 is 5.44. The van der Waals surface area contributed by atoms with Crippen LogP contribution in [0, 0.1) is 0 Å². The molecule has 1 atom stereocenters. The highest BCUT2D eigenvalue weighted by atomic mass is 35.5. The van der Waals surface area contributed by atoms with Gasteiger partial charge in [-0.25, -0.2) is 0 Å². The number of carbonyl (C=O) groups excluding carboxylic acids is 3. The van der Waals surface area contributed by atoms with E-state index >= 15 is 0 Å². The van der Waals surface area contributed by atoms with Gasteiger partial charge in [-0.3, -0.25) is 19.3 Å². The fourth-order valence-corrected chi connectivity index (χ4v) is 2.55. The number of piperazine rings is 1. The Kier molecular flexibility index (Phi) is 5.51. The van der Waals surface area contributed by atoms with Crippen LogP contribution in [-0.2, 0) is 20.9 Å². The molecule has 6 nitrogen and oxygen atoms in total. The summed E-state index contributed by atoms with van der Waals surface area (Å²) in [5.74, 6) is -1.61. The predicted octanol–water partition coefficient (Wildman–Crippen LogP) is 1.62. The lowest BCUT2D eigenvalue weighted by Crippen LogP contribution is -2.61. The quantitative estimate of drug-likeness (QED) is 0.469. The van der Waals surface area contributed by atoms with Crippen LogP contribution in [0.5, 0.6) is 0 Å². The summed E-state index contributed by atoms with van der Waals surface area (Å²) in [6, 6.07) is 8.96. The Morgan fingerprint density at radius 3 is 2.55 bits per heavy atom. The molecule has 0 radical (unpaired) electrons. The number of ether oxygens (including phenoxy) is 1. The first-order valence-electron chi connectivity index (χ1n) is 6.98. The van der Waals surface area contributed by atoms with Crippen LogP contribution in [-0.4, -0.2) is 52.7 Å². The van der Waals surface area contributed by atoms with Gasteiger partial charge < -0.3 is 9.64 Å². The van der Waals surface area contributed by atoms with Crippen molar-refractivity contribution >= 4 is 28.8 Å². The van der Waals surface area contributed by atoms with E-state index in [1.807, 2.05) is 30.3 Å². The second-order valence-electron chi connectivity index (χ2n) is 4.93. The van der Waals surface area contributed by atoms with Crippen LogP contribution in [0.4, 0.5) is 4.79 Å². The van der Waals surface area contributed by atoms with Gasteiger partial charge in [0.2, 0.25) is 0 Å². The van der Waals surface area contributed by atoms with Crippen LogP contribution in [0.3, 0.4) is 0 Å². The molecule has 2 rings (SSSR count). The molecule has 1 aliphatic heterocycles. The Balaban J connectivity index is 2.01. The average Bonchev–Trinajstić information content (AvgIpc) is 2.51. The van der Waals surface area contributed by atoms with Crippen LogP contribution in [0.15, 0.2) is 30.3 Å². The van der Waals surface area contributed by atoms with E-state index in [1.165, 1.54) is 4.90 Å². The van der Waals surface area contributed by atoms with E-state index in [2.05, 4.69) is 0 Å². The zero-order chi connectivity index (χ0) is 16.1. The van der Waals surface area contributed by atoms with Crippen LogP contribution in [0.2, 0.25) is 0 Å². The van der Waals surface area contributed by atoms with Crippen molar-refractivity contribution in [2.24, 2.45) is 0 Å². The Morgan fingerprint density at radius 1 is 1.27 bits per heavy atom. The maximum atomic E-state index is 12.0. The number of carbonyl (C=O) groups is 3. The monoisotopic (exact) mass is 324 g/mol. The minimum absolute atomic E-state index is 0.128. The molecule has 0 saturated carbocycles. The van der Waals surface area contributed by atoms with Crippen molar-refractivity contribution < 1.29 is 19.1 Å². The number of hydrogen-bond acceptors (Lipinski definition) is 4. The molecule has 0 spiro atoms. The molecule has 7 heteroatoms. The van der Waals surface area contributed by atoms with E-state index in [9.17, 15) is 14.4 Å². The molecular formula is C15H17ClN2O4. The molecular weight excluding hydrogens is 308 g/mol. The maximum Gasteiger partial charge on any atom is 0.323 e. The van der Waals surface area contributed by atoms with Gasteiger partial charge in [-0.15, -0.1) is 0 Å². The summed E-state index contributed by atoms with van der Waals surface area (Å²) in [7, 11) is 0. The van der Waals surface area contributed by atoms with Crippen molar-refractivity contribution in [2.75, 3.05) is 19.7 Å². The molecule has 22 heavy (non-hydrogen) atoms. The fourth-order valence-electron chi connectivity index (χ4n) is 2.33. The third kappa shape index (κ3) is 3.64. The van der Waals surface area contributed by atoms with E-state index in [0.717, 1.165) is 10.5 Å². The zero-order valence-electron chi connectivity index (χ0n) is 12.2. The Bertz CT molecular complexity index is 564. The van der Waals surface area contributed by atoms with Crippen LogP contribution >= 0.6 is 11.6 Å².